The Balaban J connectivity index is 1.86. The molecule has 0 atom stereocenters. The molecule has 32 heavy (non-hydrogen) atoms. The van der Waals surface area contributed by atoms with E-state index < -0.39 is 0 Å². The molecule has 0 spiro atoms. The highest BCUT2D eigenvalue weighted by atomic mass is 79.9. The molecular weight excluding hydrogens is 456 g/mol. The van der Waals surface area contributed by atoms with Gasteiger partial charge in [0.05, 0.1) is 15.7 Å². The van der Waals surface area contributed by atoms with Gasteiger partial charge in [-0.25, -0.2) is 4.52 Å². The zero-order chi connectivity index (χ0) is 21.5. The zero-order valence-electron chi connectivity index (χ0n) is 17.2. The smallest absolute Gasteiger partial charge is 0.101 e. The molecule has 0 saturated heterocycles. The van der Waals surface area contributed by atoms with E-state index in [2.05, 4.69) is 124 Å². The van der Waals surface area contributed by atoms with Crippen LogP contribution in [0.1, 0.15) is 0 Å². The van der Waals surface area contributed by atoms with Crippen molar-refractivity contribution in [1.29, 1.82) is 0 Å². The number of fused-ring (bicyclic) bond motifs is 3. The largest absolute Gasteiger partial charge is 0.230 e. The Morgan fingerprint density at radius 2 is 1.03 bits per heavy atom. The van der Waals surface area contributed by atoms with Crippen LogP contribution >= 0.6 is 15.9 Å². The summed E-state index contributed by atoms with van der Waals surface area (Å²) < 4.78 is 3.17. The molecule has 6 rings (SSSR count). The molecule has 152 valence electrons. The molecule has 0 bridgehead atoms. The van der Waals surface area contributed by atoms with Crippen LogP contribution in [0, 0.1) is 0 Å². The quantitative estimate of drug-likeness (QED) is 0.252. The van der Waals surface area contributed by atoms with Gasteiger partial charge in [0.2, 0.25) is 0 Å². The third-order valence-electron chi connectivity index (χ3n) is 5.88. The van der Waals surface area contributed by atoms with Gasteiger partial charge in [-0.1, -0.05) is 115 Å². The van der Waals surface area contributed by atoms with Crippen LogP contribution in [0.5, 0.6) is 0 Å². The number of rotatable bonds is 3. The number of hydrogen-bond acceptors (Lipinski definition) is 1. The summed E-state index contributed by atoms with van der Waals surface area (Å²) in [5.41, 5.74) is 7.69. The van der Waals surface area contributed by atoms with E-state index in [-0.39, 0.29) is 0 Å². The Labute approximate surface area is 194 Å². The summed E-state index contributed by atoms with van der Waals surface area (Å²) in [6.45, 7) is 0. The Morgan fingerprint density at radius 3 is 1.66 bits per heavy atom. The summed E-state index contributed by atoms with van der Waals surface area (Å²) in [6.07, 6.45) is 0. The predicted molar refractivity (Wildman–Crippen MR) is 137 cm³/mol. The van der Waals surface area contributed by atoms with Crippen LogP contribution in [-0.2, 0) is 0 Å². The van der Waals surface area contributed by atoms with Crippen molar-refractivity contribution in [2.45, 2.75) is 0 Å². The van der Waals surface area contributed by atoms with Crippen molar-refractivity contribution in [3.63, 3.8) is 0 Å². The van der Waals surface area contributed by atoms with E-state index in [1.54, 1.807) is 0 Å². The van der Waals surface area contributed by atoms with Crippen LogP contribution in [0.3, 0.4) is 0 Å². The van der Waals surface area contributed by atoms with E-state index >= 15 is 0 Å². The first-order chi connectivity index (χ1) is 15.8. The Hall–Kier alpha value is -3.69. The second kappa shape index (κ2) is 7.77. The van der Waals surface area contributed by atoms with Crippen molar-refractivity contribution >= 4 is 32.2 Å². The average molecular weight is 475 g/mol. The highest BCUT2D eigenvalue weighted by Gasteiger charge is 2.23. The van der Waals surface area contributed by atoms with Crippen LogP contribution in [0.2, 0.25) is 0 Å². The van der Waals surface area contributed by atoms with E-state index in [9.17, 15) is 0 Å². The predicted octanol–water partition coefficient (Wildman–Crippen LogP) is 8.25. The van der Waals surface area contributed by atoms with Gasteiger partial charge in [-0.3, -0.25) is 0 Å². The number of aromatic nitrogens is 2. The fraction of sp³-hybridized carbons (Fsp3) is 0. The molecule has 2 heterocycles. The van der Waals surface area contributed by atoms with E-state index in [1.165, 1.54) is 10.8 Å². The van der Waals surface area contributed by atoms with Crippen LogP contribution < -0.4 is 0 Å². The van der Waals surface area contributed by atoms with Crippen LogP contribution in [0.4, 0.5) is 0 Å². The van der Waals surface area contributed by atoms with Crippen LogP contribution in [-0.4, -0.2) is 9.61 Å². The zero-order valence-corrected chi connectivity index (χ0v) is 18.8. The highest BCUT2D eigenvalue weighted by molar-refractivity contribution is 9.10. The molecular formula is C29H19BrN2. The van der Waals surface area contributed by atoms with E-state index in [4.69, 9.17) is 5.10 Å². The molecule has 2 nitrogen and oxygen atoms in total. The second-order valence-corrected chi connectivity index (χ2v) is 8.58. The monoisotopic (exact) mass is 474 g/mol. The Morgan fingerprint density at radius 1 is 0.531 bits per heavy atom. The molecule has 0 unspecified atom stereocenters. The minimum absolute atomic E-state index is 0.984. The van der Waals surface area contributed by atoms with Gasteiger partial charge in [0, 0.05) is 27.5 Å². The minimum atomic E-state index is 0.984. The first-order valence-electron chi connectivity index (χ1n) is 10.6. The molecule has 0 fully saturated rings. The number of nitrogens with zero attached hydrogens (tertiary/aromatic N) is 2. The maximum absolute atomic E-state index is 5.23. The molecule has 0 N–H and O–H groups in total. The fourth-order valence-corrected chi connectivity index (χ4v) is 5.19. The summed E-state index contributed by atoms with van der Waals surface area (Å²) in [4.78, 5) is 0. The van der Waals surface area contributed by atoms with Crippen LogP contribution in [0.25, 0.3) is 49.9 Å². The molecule has 3 heteroatoms. The third-order valence-corrected chi connectivity index (χ3v) is 6.68. The summed E-state index contributed by atoms with van der Waals surface area (Å²) in [6, 6.07) is 40.0. The maximum atomic E-state index is 5.23. The first-order valence-corrected chi connectivity index (χ1v) is 11.4. The standard InChI is InChI=1S/C29H19BrN2/c30-26-23-18-10-11-19-24(23)29-25(20-12-4-1-5-13-20)27(21-14-6-2-7-15-21)31-32(29)28(26)22-16-8-3-9-17-22/h1-19H. The number of pyridine rings is 1. The lowest BCUT2D eigenvalue weighted by atomic mass is 9.97. The Bertz CT molecular complexity index is 1550. The summed E-state index contributed by atoms with van der Waals surface area (Å²) in [7, 11) is 0. The van der Waals surface area contributed by atoms with E-state index in [0.717, 1.165) is 43.6 Å². The summed E-state index contributed by atoms with van der Waals surface area (Å²) in [5.74, 6) is 0. The molecule has 0 saturated carbocycles. The highest BCUT2D eigenvalue weighted by Crippen LogP contribution is 2.43. The molecule has 2 aromatic heterocycles. The minimum Gasteiger partial charge on any atom is -0.230 e. The normalized spacial score (nSPS) is 11.3. The van der Waals surface area contributed by atoms with Crippen molar-refractivity contribution in [2.24, 2.45) is 0 Å². The van der Waals surface area contributed by atoms with Gasteiger partial charge in [-0.05, 0) is 21.5 Å². The van der Waals surface area contributed by atoms with Crippen molar-refractivity contribution in [3.8, 4) is 33.6 Å². The van der Waals surface area contributed by atoms with Crippen LogP contribution in [0.15, 0.2) is 120 Å². The Kier molecular flexibility index (Phi) is 4.62. The van der Waals surface area contributed by atoms with Crippen molar-refractivity contribution in [2.75, 3.05) is 0 Å². The molecule has 0 amide bonds. The average Bonchev–Trinajstić information content (AvgIpc) is 3.26. The first kappa shape index (κ1) is 19.0. The molecule has 4 aromatic carbocycles. The van der Waals surface area contributed by atoms with E-state index in [1.807, 2.05) is 12.1 Å². The number of halogens is 1. The fourth-order valence-electron chi connectivity index (χ4n) is 4.45. The van der Waals surface area contributed by atoms with Gasteiger partial charge in [0.25, 0.3) is 0 Å². The molecule has 0 aliphatic rings. The van der Waals surface area contributed by atoms with Gasteiger partial charge < -0.3 is 0 Å². The lowest BCUT2D eigenvalue weighted by Gasteiger charge is -2.13. The SMILES string of the molecule is Brc1c(-c2ccccc2)n2nc(-c3ccccc3)c(-c3ccccc3)c2c2ccccc12. The van der Waals surface area contributed by atoms with Gasteiger partial charge in [0.1, 0.15) is 5.69 Å². The van der Waals surface area contributed by atoms with Gasteiger partial charge in [-0.15, -0.1) is 0 Å². The second-order valence-electron chi connectivity index (χ2n) is 7.79. The van der Waals surface area contributed by atoms with Crippen molar-refractivity contribution in [3.05, 3.63) is 120 Å². The lowest BCUT2D eigenvalue weighted by Crippen LogP contribution is -1.97. The maximum Gasteiger partial charge on any atom is 0.101 e. The summed E-state index contributed by atoms with van der Waals surface area (Å²) in [5, 5.41) is 7.58. The molecule has 0 aliphatic carbocycles. The summed E-state index contributed by atoms with van der Waals surface area (Å²) >= 11 is 3.93. The number of benzene rings is 4. The third kappa shape index (κ3) is 2.97. The molecule has 6 aromatic rings. The number of hydrogen-bond donors (Lipinski definition) is 0. The van der Waals surface area contributed by atoms with E-state index in [0.29, 0.717) is 0 Å². The van der Waals surface area contributed by atoms with Gasteiger partial charge in [0.15, 0.2) is 0 Å². The topological polar surface area (TPSA) is 17.3 Å². The molecule has 0 radical (unpaired) electrons. The van der Waals surface area contributed by atoms with Gasteiger partial charge in [-0.2, -0.15) is 5.10 Å². The van der Waals surface area contributed by atoms with Gasteiger partial charge >= 0.3 is 0 Å². The van der Waals surface area contributed by atoms with Crippen molar-refractivity contribution in [1.82, 2.24) is 9.61 Å². The lowest BCUT2D eigenvalue weighted by molar-refractivity contribution is 0.976. The molecule has 0 aliphatic heterocycles. The van der Waals surface area contributed by atoms with Crippen molar-refractivity contribution < 1.29 is 0 Å².